The Morgan fingerprint density at radius 3 is 2.18 bits per heavy atom. The second-order valence-electron chi connectivity index (χ2n) is 3.53. The highest BCUT2D eigenvalue weighted by Crippen LogP contribution is 2.22. The zero-order valence-corrected chi connectivity index (χ0v) is 8.10. The van der Waals surface area contributed by atoms with Crippen molar-refractivity contribution in [3.63, 3.8) is 0 Å². The number of rotatable bonds is 2. The molecule has 0 spiro atoms. The van der Waals surface area contributed by atoms with E-state index in [-0.39, 0.29) is 5.41 Å². The van der Waals surface area contributed by atoms with E-state index >= 15 is 0 Å². The zero-order valence-electron chi connectivity index (χ0n) is 8.10. The molecule has 0 bridgehead atoms. The van der Waals surface area contributed by atoms with Crippen molar-refractivity contribution < 1.29 is 0 Å². The summed E-state index contributed by atoms with van der Waals surface area (Å²) < 4.78 is 0. The maximum atomic E-state index is 3.99. The topological polar surface area (TPSA) is 24.4 Å². The number of nitrogens with zero attached hydrogens (tertiary/aromatic N) is 1. The lowest BCUT2D eigenvalue weighted by Gasteiger charge is -2.19. The molecule has 2 heteroatoms. The van der Waals surface area contributed by atoms with Crippen molar-refractivity contribution in [3.8, 4) is 0 Å². The Morgan fingerprint density at radius 2 is 1.91 bits per heavy atom. The summed E-state index contributed by atoms with van der Waals surface area (Å²) in [5.41, 5.74) is 1.38. The van der Waals surface area contributed by atoms with Gasteiger partial charge < -0.3 is 5.32 Å². The fraction of sp³-hybridized carbons (Fsp3) is 0.667. The molecule has 0 heterocycles. The van der Waals surface area contributed by atoms with Gasteiger partial charge in [0.15, 0.2) is 0 Å². The van der Waals surface area contributed by atoms with Crippen molar-refractivity contribution >= 4 is 6.21 Å². The quantitative estimate of drug-likeness (QED) is 0.603. The van der Waals surface area contributed by atoms with Gasteiger partial charge in [0.05, 0.1) is 0 Å². The van der Waals surface area contributed by atoms with E-state index < -0.39 is 0 Å². The lowest BCUT2D eigenvalue weighted by molar-refractivity contribution is 0.523. The van der Waals surface area contributed by atoms with Gasteiger partial charge in [0.25, 0.3) is 0 Å². The number of nitrogens with one attached hydrogen (secondary N) is 1. The molecular weight excluding hydrogens is 136 g/mol. The first-order chi connectivity index (χ1) is 5.02. The molecule has 0 unspecified atom stereocenters. The summed E-state index contributed by atoms with van der Waals surface area (Å²) in [6, 6.07) is 0. The normalized spacial score (nSPS) is 14.1. The van der Waals surface area contributed by atoms with Crippen LogP contribution in [0.3, 0.4) is 0 Å². The smallest absolute Gasteiger partial charge is 0.0277 e. The van der Waals surface area contributed by atoms with Crippen molar-refractivity contribution in [2.24, 2.45) is 10.4 Å². The molecule has 0 rings (SSSR count). The lowest BCUT2D eigenvalue weighted by Crippen LogP contribution is -2.13. The number of hydrogen-bond acceptors (Lipinski definition) is 2. The first kappa shape index (κ1) is 10.2. The minimum Gasteiger partial charge on any atom is -0.394 e. The molecule has 11 heavy (non-hydrogen) atoms. The van der Waals surface area contributed by atoms with E-state index in [1.165, 1.54) is 5.57 Å². The molecule has 0 aromatic carbocycles. The van der Waals surface area contributed by atoms with Crippen molar-refractivity contribution in [1.29, 1.82) is 0 Å². The summed E-state index contributed by atoms with van der Waals surface area (Å²) in [5, 5.41) is 3.01. The van der Waals surface area contributed by atoms with Gasteiger partial charge in [-0.3, -0.25) is 4.99 Å². The van der Waals surface area contributed by atoms with Gasteiger partial charge >= 0.3 is 0 Å². The van der Waals surface area contributed by atoms with Crippen LogP contribution in [0, 0.1) is 5.41 Å². The molecule has 0 atom stereocenters. The molecule has 0 radical (unpaired) electrons. The average Bonchev–Trinajstić information content (AvgIpc) is 1.85. The molecule has 0 saturated carbocycles. The highest BCUT2D eigenvalue weighted by Gasteiger charge is 2.14. The summed E-state index contributed by atoms with van der Waals surface area (Å²) in [5.74, 6) is 0. The minimum atomic E-state index is 0.169. The predicted octanol–water partition coefficient (Wildman–Crippen LogP) is 1.84. The van der Waals surface area contributed by atoms with Gasteiger partial charge in [-0.05, 0) is 11.0 Å². The molecule has 0 amide bonds. The van der Waals surface area contributed by atoms with Crippen LogP contribution in [0.1, 0.15) is 20.8 Å². The molecular formula is C9H18N2. The Labute approximate surface area is 69.4 Å². The van der Waals surface area contributed by atoms with Crippen LogP contribution in [0.25, 0.3) is 0 Å². The highest BCUT2D eigenvalue weighted by molar-refractivity contribution is 5.79. The first-order valence-electron chi connectivity index (χ1n) is 3.82. The van der Waals surface area contributed by atoms with Gasteiger partial charge in [0, 0.05) is 26.5 Å². The Hall–Kier alpha value is -0.790. The Kier molecular flexibility index (Phi) is 3.86. The van der Waals surface area contributed by atoms with Crippen LogP contribution >= 0.6 is 0 Å². The maximum Gasteiger partial charge on any atom is 0.0277 e. The van der Waals surface area contributed by atoms with E-state index in [4.69, 9.17) is 0 Å². The molecule has 64 valence electrons. The Bertz CT molecular complexity index is 161. The Balaban J connectivity index is 4.48. The van der Waals surface area contributed by atoms with E-state index in [0.717, 1.165) is 0 Å². The summed E-state index contributed by atoms with van der Waals surface area (Å²) in [4.78, 5) is 3.99. The van der Waals surface area contributed by atoms with Crippen molar-refractivity contribution in [3.05, 3.63) is 11.8 Å². The standard InChI is InChI=1S/C9H18N2/c1-9(2,3)8(6-10-4)7-11-5/h6-7,10H,1-5H3/b8-6+,11-7?. The first-order valence-corrected chi connectivity index (χ1v) is 3.82. The van der Waals surface area contributed by atoms with Crippen LogP contribution in [-0.4, -0.2) is 20.3 Å². The van der Waals surface area contributed by atoms with Gasteiger partial charge in [-0.1, -0.05) is 20.8 Å². The van der Waals surface area contributed by atoms with Crippen LogP contribution in [0.4, 0.5) is 0 Å². The largest absolute Gasteiger partial charge is 0.394 e. The van der Waals surface area contributed by atoms with Crippen LogP contribution < -0.4 is 5.32 Å². The van der Waals surface area contributed by atoms with Crippen molar-refractivity contribution in [2.45, 2.75) is 20.8 Å². The fourth-order valence-corrected chi connectivity index (χ4v) is 0.742. The number of allylic oxidation sites excluding steroid dienone is 1. The second-order valence-corrected chi connectivity index (χ2v) is 3.53. The van der Waals surface area contributed by atoms with Gasteiger partial charge in [-0.25, -0.2) is 0 Å². The molecule has 0 aromatic heterocycles. The van der Waals surface area contributed by atoms with E-state index in [9.17, 15) is 0 Å². The van der Waals surface area contributed by atoms with Crippen molar-refractivity contribution in [2.75, 3.05) is 14.1 Å². The van der Waals surface area contributed by atoms with E-state index in [0.29, 0.717) is 0 Å². The SMILES string of the molecule is CN=C/C(=C\NC)C(C)(C)C. The van der Waals surface area contributed by atoms with Gasteiger partial charge in [-0.15, -0.1) is 0 Å². The molecule has 0 aliphatic carbocycles. The monoisotopic (exact) mass is 154 g/mol. The van der Waals surface area contributed by atoms with Crippen molar-refractivity contribution in [1.82, 2.24) is 5.32 Å². The third kappa shape index (κ3) is 3.81. The maximum absolute atomic E-state index is 3.99. The molecule has 0 fully saturated rings. The number of aliphatic imine (C=N–C) groups is 1. The van der Waals surface area contributed by atoms with Crippen LogP contribution in [0.5, 0.6) is 0 Å². The zero-order chi connectivity index (χ0) is 8.91. The summed E-state index contributed by atoms with van der Waals surface area (Å²) in [7, 11) is 3.68. The molecule has 0 aliphatic heterocycles. The van der Waals surface area contributed by atoms with Crippen LogP contribution in [0.15, 0.2) is 16.8 Å². The summed E-state index contributed by atoms with van der Waals surface area (Å²) in [6.45, 7) is 6.49. The van der Waals surface area contributed by atoms with Crippen LogP contribution in [-0.2, 0) is 0 Å². The van der Waals surface area contributed by atoms with E-state index in [1.807, 2.05) is 19.5 Å². The second kappa shape index (κ2) is 4.16. The van der Waals surface area contributed by atoms with E-state index in [2.05, 4.69) is 31.1 Å². The molecule has 0 aliphatic rings. The molecule has 0 aromatic rings. The average molecular weight is 154 g/mol. The van der Waals surface area contributed by atoms with Crippen LogP contribution in [0.2, 0.25) is 0 Å². The van der Waals surface area contributed by atoms with E-state index in [1.54, 1.807) is 7.05 Å². The Morgan fingerprint density at radius 1 is 1.36 bits per heavy atom. The third-order valence-electron chi connectivity index (χ3n) is 1.43. The summed E-state index contributed by atoms with van der Waals surface area (Å²) >= 11 is 0. The molecule has 2 nitrogen and oxygen atoms in total. The lowest BCUT2D eigenvalue weighted by atomic mass is 9.88. The third-order valence-corrected chi connectivity index (χ3v) is 1.43. The highest BCUT2D eigenvalue weighted by atomic mass is 14.8. The van der Waals surface area contributed by atoms with Gasteiger partial charge in [0.2, 0.25) is 0 Å². The predicted molar refractivity (Wildman–Crippen MR) is 51.0 cm³/mol. The van der Waals surface area contributed by atoms with Gasteiger partial charge in [-0.2, -0.15) is 0 Å². The fourth-order valence-electron chi connectivity index (χ4n) is 0.742. The molecule has 1 N–H and O–H groups in total. The summed E-state index contributed by atoms with van der Waals surface area (Å²) in [6.07, 6.45) is 3.86. The van der Waals surface area contributed by atoms with Gasteiger partial charge in [0.1, 0.15) is 0 Å². The molecule has 0 saturated heterocycles. The minimum absolute atomic E-state index is 0.169. The number of hydrogen-bond donors (Lipinski definition) is 1.